The summed E-state index contributed by atoms with van der Waals surface area (Å²) in [5.41, 5.74) is 1.78. The van der Waals surface area contributed by atoms with Crippen molar-refractivity contribution < 1.29 is 14.3 Å². The summed E-state index contributed by atoms with van der Waals surface area (Å²) in [6, 6.07) is 5.80. The molecule has 0 saturated carbocycles. The zero-order valence-corrected chi connectivity index (χ0v) is 20.8. The van der Waals surface area contributed by atoms with Crippen LogP contribution in [0.5, 0.6) is 5.75 Å². The van der Waals surface area contributed by atoms with E-state index in [2.05, 4.69) is 9.88 Å². The minimum absolute atomic E-state index is 0.0846. The number of aryl methyl sites for hydroxylation is 1. The predicted octanol–water partition coefficient (Wildman–Crippen LogP) is 2.62. The fourth-order valence-corrected chi connectivity index (χ4v) is 4.95. The van der Waals surface area contributed by atoms with Crippen molar-refractivity contribution in [1.29, 1.82) is 0 Å². The average molecular weight is 486 g/mol. The van der Waals surface area contributed by atoms with Crippen molar-refractivity contribution in [1.82, 2.24) is 19.4 Å². The van der Waals surface area contributed by atoms with Gasteiger partial charge in [0.2, 0.25) is 5.91 Å². The number of morpholine rings is 1. The fourth-order valence-electron chi connectivity index (χ4n) is 3.92. The SMILES string of the molecule is CCOc1cccc2sc(N(CCCN3CCOCC3)C(=O)Cn3cnc(C)c(C)c3=O)nc12. The van der Waals surface area contributed by atoms with Crippen molar-refractivity contribution >= 4 is 32.6 Å². The first-order chi connectivity index (χ1) is 16.5. The van der Waals surface area contributed by atoms with Crippen LogP contribution in [0.3, 0.4) is 0 Å². The number of thiazole rings is 1. The van der Waals surface area contributed by atoms with Gasteiger partial charge in [-0.2, -0.15) is 0 Å². The molecule has 34 heavy (non-hydrogen) atoms. The Morgan fingerprint density at radius 3 is 2.82 bits per heavy atom. The summed E-state index contributed by atoms with van der Waals surface area (Å²) in [5, 5.41) is 0.610. The smallest absolute Gasteiger partial charge is 0.256 e. The van der Waals surface area contributed by atoms with Gasteiger partial charge in [-0.3, -0.25) is 24.0 Å². The van der Waals surface area contributed by atoms with Gasteiger partial charge in [0.15, 0.2) is 5.13 Å². The van der Waals surface area contributed by atoms with E-state index in [1.54, 1.807) is 18.7 Å². The van der Waals surface area contributed by atoms with Crippen LogP contribution >= 0.6 is 11.3 Å². The number of rotatable bonds is 9. The molecule has 1 amide bonds. The van der Waals surface area contributed by atoms with Crippen molar-refractivity contribution in [2.75, 3.05) is 50.9 Å². The second-order valence-electron chi connectivity index (χ2n) is 8.27. The highest BCUT2D eigenvalue weighted by Crippen LogP contribution is 2.34. The summed E-state index contributed by atoms with van der Waals surface area (Å²) >= 11 is 1.46. The molecule has 1 aliphatic rings. The van der Waals surface area contributed by atoms with Gasteiger partial charge in [-0.15, -0.1) is 0 Å². The summed E-state index contributed by atoms with van der Waals surface area (Å²) in [6.45, 7) is 10.6. The maximum atomic E-state index is 13.5. The van der Waals surface area contributed by atoms with Gasteiger partial charge in [0, 0.05) is 37.4 Å². The Bertz CT molecular complexity index is 1200. The highest BCUT2D eigenvalue weighted by Gasteiger charge is 2.22. The summed E-state index contributed by atoms with van der Waals surface area (Å²) in [7, 11) is 0. The lowest BCUT2D eigenvalue weighted by atomic mass is 10.2. The maximum absolute atomic E-state index is 13.5. The second-order valence-corrected chi connectivity index (χ2v) is 9.28. The van der Waals surface area contributed by atoms with Crippen molar-refractivity contribution in [2.24, 2.45) is 0 Å². The van der Waals surface area contributed by atoms with E-state index in [4.69, 9.17) is 14.5 Å². The third-order valence-corrected chi connectivity index (χ3v) is 7.03. The summed E-state index contributed by atoms with van der Waals surface area (Å²) in [6.07, 6.45) is 2.24. The van der Waals surface area contributed by atoms with Crippen LogP contribution in [0, 0.1) is 13.8 Å². The number of para-hydroxylation sites is 1. The first-order valence-corrected chi connectivity index (χ1v) is 12.4. The number of anilines is 1. The molecule has 4 rings (SSSR count). The average Bonchev–Trinajstić information content (AvgIpc) is 3.28. The van der Waals surface area contributed by atoms with Crippen LogP contribution in [0.25, 0.3) is 10.2 Å². The monoisotopic (exact) mass is 485 g/mol. The molecule has 1 fully saturated rings. The molecule has 0 unspecified atom stereocenters. The zero-order valence-electron chi connectivity index (χ0n) is 20.0. The van der Waals surface area contributed by atoms with Gasteiger partial charge in [-0.05, 0) is 39.3 Å². The highest BCUT2D eigenvalue weighted by atomic mass is 32.1. The molecule has 3 heterocycles. The number of amides is 1. The topological polar surface area (TPSA) is 89.8 Å². The summed E-state index contributed by atoms with van der Waals surface area (Å²) in [5.74, 6) is 0.518. The molecule has 10 heteroatoms. The first-order valence-electron chi connectivity index (χ1n) is 11.6. The number of carbonyl (C=O) groups is 1. The van der Waals surface area contributed by atoms with Crippen LogP contribution in [0.2, 0.25) is 0 Å². The molecule has 182 valence electrons. The van der Waals surface area contributed by atoms with E-state index in [0.717, 1.165) is 49.5 Å². The lowest BCUT2D eigenvalue weighted by Gasteiger charge is -2.27. The third-order valence-electron chi connectivity index (χ3n) is 5.98. The largest absolute Gasteiger partial charge is 0.492 e. The number of benzene rings is 1. The molecule has 3 aromatic rings. The highest BCUT2D eigenvalue weighted by molar-refractivity contribution is 7.22. The van der Waals surface area contributed by atoms with Crippen molar-refractivity contribution in [3.8, 4) is 5.75 Å². The molecular weight excluding hydrogens is 454 g/mol. The molecule has 0 N–H and O–H groups in total. The van der Waals surface area contributed by atoms with Crippen LogP contribution in [0.1, 0.15) is 24.6 Å². The number of hydrogen-bond donors (Lipinski definition) is 0. The van der Waals surface area contributed by atoms with Gasteiger partial charge in [-0.1, -0.05) is 17.4 Å². The zero-order chi connectivity index (χ0) is 24.1. The van der Waals surface area contributed by atoms with Crippen molar-refractivity contribution in [3.63, 3.8) is 0 Å². The van der Waals surface area contributed by atoms with Gasteiger partial charge in [-0.25, -0.2) is 9.97 Å². The third kappa shape index (κ3) is 5.45. The quantitative estimate of drug-likeness (QED) is 0.460. The Kier molecular flexibility index (Phi) is 7.91. The summed E-state index contributed by atoms with van der Waals surface area (Å²) < 4.78 is 13.5. The Balaban J connectivity index is 1.59. The maximum Gasteiger partial charge on any atom is 0.256 e. The first kappa shape index (κ1) is 24.3. The van der Waals surface area contributed by atoms with E-state index < -0.39 is 0 Å². The van der Waals surface area contributed by atoms with Crippen molar-refractivity contribution in [3.05, 3.63) is 46.1 Å². The molecular formula is C24H31N5O4S. The Hall–Kier alpha value is -2.82. The van der Waals surface area contributed by atoms with Crippen LogP contribution in [0.4, 0.5) is 5.13 Å². The lowest BCUT2D eigenvalue weighted by molar-refractivity contribution is -0.119. The van der Waals surface area contributed by atoms with Crippen LogP contribution in [-0.4, -0.2) is 71.3 Å². The van der Waals surface area contributed by atoms with E-state index in [1.807, 2.05) is 25.1 Å². The van der Waals surface area contributed by atoms with Crippen LogP contribution < -0.4 is 15.2 Å². The Morgan fingerprint density at radius 1 is 1.26 bits per heavy atom. The number of fused-ring (bicyclic) bond motifs is 1. The molecule has 1 aliphatic heterocycles. The molecule has 2 aromatic heterocycles. The molecule has 0 atom stereocenters. The van der Waals surface area contributed by atoms with E-state index in [9.17, 15) is 9.59 Å². The minimum Gasteiger partial charge on any atom is -0.492 e. The molecule has 0 bridgehead atoms. The van der Waals surface area contributed by atoms with E-state index >= 15 is 0 Å². The van der Waals surface area contributed by atoms with Gasteiger partial charge in [0.25, 0.3) is 5.56 Å². The molecule has 0 aliphatic carbocycles. The summed E-state index contributed by atoms with van der Waals surface area (Å²) in [4.78, 5) is 39.2. The standard InChI is InChI=1S/C24H31N5O4S/c1-4-33-19-7-5-8-20-22(19)26-24(34-20)29(10-6-9-27-11-13-32-14-12-27)21(30)15-28-16-25-18(3)17(2)23(28)31/h5,7-8,16H,4,6,9-15H2,1-3H3. The molecule has 1 saturated heterocycles. The Morgan fingerprint density at radius 2 is 2.06 bits per heavy atom. The van der Waals surface area contributed by atoms with Gasteiger partial charge in [0.05, 0.1) is 30.8 Å². The van der Waals surface area contributed by atoms with Gasteiger partial charge in [0.1, 0.15) is 17.8 Å². The van der Waals surface area contributed by atoms with E-state index in [1.165, 1.54) is 22.2 Å². The second kappa shape index (κ2) is 11.1. The normalized spacial score (nSPS) is 14.4. The number of carbonyl (C=O) groups excluding carboxylic acids is 1. The number of ether oxygens (including phenoxy) is 2. The minimum atomic E-state index is -0.197. The molecule has 0 radical (unpaired) electrons. The lowest BCUT2D eigenvalue weighted by Crippen LogP contribution is -2.41. The Labute approximate surface area is 202 Å². The van der Waals surface area contributed by atoms with Crippen molar-refractivity contribution in [2.45, 2.75) is 33.7 Å². The number of hydrogen-bond acceptors (Lipinski definition) is 8. The molecule has 1 aromatic carbocycles. The number of nitrogens with zero attached hydrogens (tertiary/aromatic N) is 5. The van der Waals surface area contributed by atoms with E-state index in [-0.39, 0.29) is 18.0 Å². The fraction of sp³-hybridized carbons (Fsp3) is 0.500. The molecule has 9 nitrogen and oxygen atoms in total. The van der Waals surface area contributed by atoms with Crippen LogP contribution in [-0.2, 0) is 16.1 Å². The molecule has 0 spiro atoms. The van der Waals surface area contributed by atoms with Crippen LogP contribution in [0.15, 0.2) is 29.3 Å². The predicted molar refractivity (Wildman–Crippen MR) is 133 cm³/mol. The van der Waals surface area contributed by atoms with E-state index in [0.29, 0.717) is 35.3 Å². The van der Waals surface area contributed by atoms with Gasteiger partial charge < -0.3 is 9.47 Å². The number of aromatic nitrogens is 3. The van der Waals surface area contributed by atoms with Gasteiger partial charge >= 0.3 is 0 Å².